The molecular weight excluding hydrogens is 294 g/mol. The Morgan fingerprint density at radius 3 is 2.62 bits per heavy atom. The van der Waals surface area contributed by atoms with Gasteiger partial charge in [-0.15, -0.1) is 0 Å². The highest BCUT2D eigenvalue weighted by Gasteiger charge is 2.15. The van der Waals surface area contributed by atoms with Crippen LogP contribution < -0.4 is 14.2 Å². The third-order valence-corrected chi connectivity index (χ3v) is 4.13. The van der Waals surface area contributed by atoms with Crippen molar-refractivity contribution in [3.8, 4) is 11.5 Å². The molecule has 21 heavy (non-hydrogen) atoms. The molecule has 0 radical (unpaired) electrons. The highest BCUT2D eigenvalue weighted by Crippen LogP contribution is 2.25. The summed E-state index contributed by atoms with van der Waals surface area (Å²) in [6.45, 7) is 0.342. The molecule has 0 amide bonds. The molecule has 0 spiro atoms. The van der Waals surface area contributed by atoms with E-state index in [9.17, 15) is 8.42 Å². The predicted molar refractivity (Wildman–Crippen MR) is 76.9 cm³/mol. The van der Waals surface area contributed by atoms with Gasteiger partial charge in [0.15, 0.2) is 11.5 Å². The minimum atomic E-state index is -3.55. The van der Waals surface area contributed by atoms with Gasteiger partial charge in [0, 0.05) is 19.8 Å². The molecular formula is C13H17N3O4S. The zero-order valence-corrected chi connectivity index (χ0v) is 12.6. The maximum Gasteiger partial charge on any atom is 0.243 e. The van der Waals surface area contributed by atoms with E-state index in [1.165, 1.54) is 17.1 Å². The van der Waals surface area contributed by atoms with E-state index in [1.54, 1.807) is 26.3 Å². The van der Waals surface area contributed by atoms with Gasteiger partial charge in [-0.1, -0.05) is 12.1 Å². The van der Waals surface area contributed by atoms with Crippen molar-refractivity contribution in [3.63, 3.8) is 0 Å². The Hall–Kier alpha value is -2.06. The smallest absolute Gasteiger partial charge is 0.243 e. The van der Waals surface area contributed by atoms with Crippen LogP contribution in [0.2, 0.25) is 0 Å². The summed E-state index contributed by atoms with van der Waals surface area (Å²) in [5.41, 5.74) is 0. The first kappa shape index (κ1) is 15.3. The lowest BCUT2D eigenvalue weighted by atomic mass is 10.3. The fourth-order valence-corrected chi connectivity index (χ4v) is 2.69. The quantitative estimate of drug-likeness (QED) is 0.764. The molecule has 114 valence electrons. The highest BCUT2D eigenvalue weighted by molar-refractivity contribution is 7.89. The number of nitrogens with one attached hydrogen (secondary N) is 1. The van der Waals surface area contributed by atoms with Gasteiger partial charge in [0.2, 0.25) is 10.0 Å². The van der Waals surface area contributed by atoms with E-state index in [4.69, 9.17) is 9.47 Å². The van der Waals surface area contributed by atoms with Crippen LogP contribution in [0.5, 0.6) is 11.5 Å². The maximum atomic E-state index is 11.9. The third kappa shape index (κ3) is 3.96. The molecule has 2 aromatic rings. The van der Waals surface area contributed by atoms with Gasteiger partial charge in [-0.05, 0) is 12.1 Å². The molecule has 1 N–H and O–H groups in total. The number of rotatable bonds is 7. The molecule has 7 nitrogen and oxygen atoms in total. The number of aromatic nitrogens is 2. The van der Waals surface area contributed by atoms with Gasteiger partial charge in [0.05, 0.1) is 13.3 Å². The normalized spacial score (nSPS) is 11.3. The zero-order chi connectivity index (χ0) is 15.3. The molecule has 1 heterocycles. The van der Waals surface area contributed by atoms with E-state index in [0.29, 0.717) is 11.5 Å². The van der Waals surface area contributed by atoms with Crippen LogP contribution in [0.3, 0.4) is 0 Å². The molecule has 0 fully saturated rings. The molecule has 1 aromatic heterocycles. The Kier molecular flexibility index (Phi) is 4.81. The average molecular weight is 311 g/mol. The van der Waals surface area contributed by atoms with Crippen molar-refractivity contribution in [1.82, 2.24) is 14.5 Å². The van der Waals surface area contributed by atoms with E-state index in [0.717, 1.165) is 0 Å². The summed E-state index contributed by atoms with van der Waals surface area (Å²) in [6, 6.07) is 7.18. The molecule has 0 unspecified atom stereocenters. The number of hydrogen-bond acceptors (Lipinski definition) is 5. The number of ether oxygens (including phenoxy) is 2. The van der Waals surface area contributed by atoms with Crippen molar-refractivity contribution in [2.24, 2.45) is 7.05 Å². The number of hydrogen-bond donors (Lipinski definition) is 1. The lowest BCUT2D eigenvalue weighted by Crippen LogP contribution is -2.28. The van der Waals surface area contributed by atoms with Gasteiger partial charge in [-0.25, -0.2) is 13.1 Å². The summed E-state index contributed by atoms with van der Waals surface area (Å²) in [6.07, 6.45) is 2.73. The second-order valence-corrected chi connectivity index (χ2v) is 6.01. The zero-order valence-electron chi connectivity index (χ0n) is 11.8. The van der Waals surface area contributed by atoms with E-state index in [1.807, 2.05) is 12.1 Å². The average Bonchev–Trinajstić information content (AvgIpc) is 2.91. The van der Waals surface area contributed by atoms with E-state index in [2.05, 4.69) is 9.82 Å². The van der Waals surface area contributed by atoms with Gasteiger partial charge < -0.3 is 9.47 Å². The van der Waals surface area contributed by atoms with E-state index >= 15 is 0 Å². The van der Waals surface area contributed by atoms with Crippen LogP contribution in [-0.4, -0.2) is 38.5 Å². The summed E-state index contributed by atoms with van der Waals surface area (Å²) >= 11 is 0. The first-order valence-electron chi connectivity index (χ1n) is 6.27. The van der Waals surface area contributed by atoms with Crippen LogP contribution in [0.1, 0.15) is 0 Å². The van der Waals surface area contributed by atoms with Crippen LogP contribution in [-0.2, 0) is 17.1 Å². The van der Waals surface area contributed by atoms with Crippen LogP contribution in [0.25, 0.3) is 0 Å². The largest absolute Gasteiger partial charge is 0.493 e. The summed E-state index contributed by atoms with van der Waals surface area (Å²) in [5.74, 6) is 1.17. The second-order valence-electron chi connectivity index (χ2n) is 4.25. The van der Waals surface area contributed by atoms with E-state index < -0.39 is 10.0 Å². The summed E-state index contributed by atoms with van der Waals surface area (Å²) in [7, 11) is -0.349. The van der Waals surface area contributed by atoms with Crippen molar-refractivity contribution in [1.29, 1.82) is 0 Å². The summed E-state index contributed by atoms with van der Waals surface area (Å²) in [4.78, 5) is 0.127. The van der Waals surface area contributed by atoms with E-state index in [-0.39, 0.29) is 18.0 Å². The Labute approximate surface area is 123 Å². The molecule has 0 saturated heterocycles. The van der Waals surface area contributed by atoms with Crippen molar-refractivity contribution < 1.29 is 17.9 Å². The second kappa shape index (κ2) is 6.59. The molecule has 0 aliphatic carbocycles. The lowest BCUT2D eigenvalue weighted by Gasteiger charge is -2.10. The van der Waals surface area contributed by atoms with Crippen molar-refractivity contribution in [2.45, 2.75) is 4.90 Å². The molecule has 0 bridgehead atoms. The monoisotopic (exact) mass is 311 g/mol. The Balaban J connectivity index is 1.87. The topological polar surface area (TPSA) is 82.4 Å². The van der Waals surface area contributed by atoms with Gasteiger partial charge in [-0.2, -0.15) is 5.10 Å². The molecule has 0 aliphatic rings. The predicted octanol–water partition coefficient (Wildman–Crippen LogP) is 0.786. The number of methoxy groups -OCH3 is 1. The molecule has 8 heteroatoms. The fraction of sp³-hybridized carbons (Fsp3) is 0.308. The van der Waals surface area contributed by atoms with Crippen LogP contribution in [0, 0.1) is 0 Å². The van der Waals surface area contributed by atoms with Crippen LogP contribution in [0.4, 0.5) is 0 Å². The lowest BCUT2D eigenvalue weighted by molar-refractivity contribution is 0.298. The SMILES string of the molecule is COc1ccccc1OCCNS(=O)(=O)c1cnn(C)c1. The van der Waals surface area contributed by atoms with Crippen molar-refractivity contribution >= 4 is 10.0 Å². The number of aryl methyl sites for hydroxylation is 1. The standard InChI is InChI=1S/C13H17N3O4S/c1-16-10-11(9-14-16)21(17,18)15-7-8-20-13-6-4-3-5-12(13)19-2/h3-6,9-10,15H,7-8H2,1-2H3. The van der Waals surface area contributed by atoms with Gasteiger partial charge in [-0.3, -0.25) is 4.68 Å². The minimum Gasteiger partial charge on any atom is -0.493 e. The number of nitrogens with zero attached hydrogens (tertiary/aromatic N) is 2. The Morgan fingerprint density at radius 2 is 2.00 bits per heavy atom. The first-order valence-corrected chi connectivity index (χ1v) is 7.75. The fourth-order valence-electron chi connectivity index (χ4n) is 1.70. The number of sulfonamides is 1. The Bertz CT molecular complexity index is 697. The van der Waals surface area contributed by atoms with Crippen LogP contribution in [0.15, 0.2) is 41.6 Å². The molecule has 2 rings (SSSR count). The summed E-state index contributed by atoms with van der Waals surface area (Å²) < 4.78 is 38.4. The number of benzene rings is 1. The molecule has 0 saturated carbocycles. The minimum absolute atomic E-state index is 0.127. The highest BCUT2D eigenvalue weighted by atomic mass is 32.2. The van der Waals surface area contributed by atoms with Gasteiger partial charge in [0.25, 0.3) is 0 Å². The first-order chi connectivity index (χ1) is 10.0. The summed E-state index contributed by atoms with van der Waals surface area (Å²) in [5, 5.41) is 3.83. The maximum absolute atomic E-state index is 11.9. The molecule has 0 atom stereocenters. The van der Waals surface area contributed by atoms with Crippen molar-refractivity contribution in [3.05, 3.63) is 36.7 Å². The van der Waals surface area contributed by atoms with Gasteiger partial charge in [0.1, 0.15) is 11.5 Å². The molecule has 1 aromatic carbocycles. The van der Waals surface area contributed by atoms with Crippen molar-refractivity contribution in [2.75, 3.05) is 20.3 Å². The van der Waals surface area contributed by atoms with Gasteiger partial charge >= 0.3 is 0 Å². The number of para-hydroxylation sites is 2. The molecule has 0 aliphatic heterocycles. The van der Waals surface area contributed by atoms with Crippen LogP contribution >= 0.6 is 0 Å². The Morgan fingerprint density at radius 1 is 1.29 bits per heavy atom. The third-order valence-electron chi connectivity index (χ3n) is 2.71.